The summed E-state index contributed by atoms with van der Waals surface area (Å²) in [5.41, 5.74) is 0.462. The van der Waals surface area contributed by atoms with Crippen molar-refractivity contribution in [2.45, 2.75) is 71.0 Å². The maximum Gasteiger partial charge on any atom is 0.325 e. The van der Waals surface area contributed by atoms with E-state index in [2.05, 4.69) is 43.1 Å². The van der Waals surface area contributed by atoms with E-state index in [1.54, 1.807) is 0 Å². The van der Waals surface area contributed by atoms with Crippen LogP contribution in [0, 0.1) is 5.41 Å². The van der Waals surface area contributed by atoms with E-state index in [1.807, 2.05) is 23.1 Å². The Morgan fingerprint density at radius 2 is 1.66 bits per heavy atom. The number of nitrogens with one attached hydrogen (secondary N) is 1. The average Bonchev–Trinajstić information content (AvgIpc) is 2.99. The van der Waals surface area contributed by atoms with Crippen molar-refractivity contribution in [3.63, 3.8) is 0 Å². The van der Waals surface area contributed by atoms with Gasteiger partial charge in [-0.05, 0) is 36.7 Å². The predicted octanol–water partition coefficient (Wildman–Crippen LogP) is 3.00. The maximum atomic E-state index is 13.4. The molecule has 3 aliphatic rings. The molecule has 4 amide bonds. The Labute approximate surface area is 191 Å². The quantitative estimate of drug-likeness (QED) is 0.731. The van der Waals surface area contributed by atoms with Crippen LogP contribution in [0.25, 0.3) is 0 Å². The highest BCUT2D eigenvalue weighted by molar-refractivity contribution is 6.07. The van der Waals surface area contributed by atoms with Gasteiger partial charge in [-0.1, -0.05) is 51.1 Å². The first-order chi connectivity index (χ1) is 15.2. The lowest BCUT2D eigenvalue weighted by molar-refractivity contribution is -0.137. The van der Waals surface area contributed by atoms with Crippen LogP contribution in [0.5, 0.6) is 0 Å². The fourth-order valence-electron chi connectivity index (χ4n) is 5.19. The minimum absolute atomic E-state index is 0.0412. The van der Waals surface area contributed by atoms with Gasteiger partial charge in [0.25, 0.3) is 5.91 Å². The first-order valence-electron chi connectivity index (χ1n) is 11.9. The molecule has 7 heteroatoms. The van der Waals surface area contributed by atoms with Gasteiger partial charge in [-0.15, -0.1) is 0 Å². The molecule has 0 bridgehead atoms. The summed E-state index contributed by atoms with van der Waals surface area (Å²) >= 11 is 0. The molecule has 32 heavy (non-hydrogen) atoms. The zero-order valence-corrected chi connectivity index (χ0v) is 19.6. The van der Waals surface area contributed by atoms with Gasteiger partial charge >= 0.3 is 6.03 Å². The van der Waals surface area contributed by atoms with Crippen molar-refractivity contribution in [3.05, 3.63) is 35.9 Å². The van der Waals surface area contributed by atoms with Crippen LogP contribution in [0.3, 0.4) is 0 Å². The van der Waals surface area contributed by atoms with E-state index in [9.17, 15) is 14.4 Å². The highest BCUT2D eigenvalue weighted by Crippen LogP contribution is 2.33. The smallest absolute Gasteiger partial charge is 0.325 e. The number of benzene rings is 1. The number of amides is 4. The molecule has 0 aromatic heterocycles. The number of piperidine rings is 2. The third-order valence-corrected chi connectivity index (χ3v) is 7.02. The first kappa shape index (κ1) is 22.8. The normalized spacial score (nSPS) is 22.5. The second-order valence-corrected chi connectivity index (χ2v) is 10.8. The zero-order chi connectivity index (χ0) is 22.9. The molecule has 3 aliphatic heterocycles. The van der Waals surface area contributed by atoms with Gasteiger partial charge < -0.3 is 10.2 Å². The molecule has 7 nitrogen and oxygen atoms in total. The lowest BCUT2D eigenvalue weighted by atomic mass is 9.86. The third kappa shape index (κ3) is 4.82. The molecule has 1 spiro atoms. The molecule has 3 heterocycles. The van der Waals surface area contributed by atoms with Crippen LogP contribution in [0.1, 0.15) is 58.4 Å². The molecule has 1 N–H and O–H groups in total. The Bertz CT molecular complexity index is 848. The van der Waals surface area contributed by atoms with E-state index in [1.165, 1.54) is 10.5 Å². The van der Waals surface area contributed by atoms with Crippen molar-refractivity contribution in [1.29, 1.82) is 0 Å². The summed E-state index contributed by atoms with van der Waals surface area (Å²) in [6.07, 6.45) is 3.12. The number of hydrogen-bond donors (Lipinski definition) is 1. The minimum atomic E-state index is -0.760. The molecule has 0 aliphatic carbocycles. The van der Waals surface area contributed by atoms with Crippen molar-refractivity contribution in [2.75, 3.05) is 26.2 Å². The lowest BCUT2D eigenvalue weighted by Crippen LogP contribution is -2.55. The summed E-state index contributed by atoms with van der Waals surface area (Å²) in [7, 11) is 0. The number of carbonyl (C=O) groups is 3. The highest BCUT2D eigenvalue weighted by Gasteiger charge is 2.54. The molecule has 4 rings (SSSR count). The van der Waals surface area contributed by atoms with Crippen molar-refractivity contribution < 1.29 is 14.4 Å². The summed E-state index contributed by atoms with van der Waals surface area (Å²) in [5, 5.41) is 3.05. The zero-order valence-electron chi connectivity index (χ0n) is 19.6. The summed E-state index contributed by atoms with van der Waals surface area (Å²) in [5.74, 6) is 0.0942. The number of likely N-dealkylation sites (tertiary alicyclic amines) is 2. The molecule has 0 radical (unpaired) electrons. The number of imide groups is 1. The van der Waals surface area contributed by atoms with Crippen molar-refractivity contribution >= 4 is 17.8 Å². The standard InChI is InChI=1S/C25H36N4O3/c1-24(2,3)17-21(30)28-13-9-20(10-14-28)29-22(31)25(26-23(29)32)11-15-27(16-12-25)18-19-7-5-4-6-8-19/h4-8,20H,9-18H2,1-3H3,(H,26,32). The van der Waals surface area contributed by atoms with Gasteiger partial charge in [-0.2, -0.15) is 0 Å². The van der Waals surface area contributed by atoms with Crippen molar-refractivity contribution in [2.24, 2.45) is 5.41 Å². The average molecular weight is 441 g/mol. The van der Waals surface area contributed by atoms with Crippen LogP contribution in [-0.4, -0.2) is 70.3 Å². The van der Waals surface area contributed by atoms with Crippen LogP contribution in [0.4, 0.5) is 4.79 Å². The van der Waals surface area contributed by atoms with Crippen LogP contribution in [-0.2, 0) is 16.1 Å². The molecule has 0 atom stereocenters. The molecule has 0 saturated carbocycles. The maximum absolute atomic E-state index is 13.4. The second-order valence-electron chi connectivity index (χ2n) is 10.8. The Hall–Kier alpha value is -2.41. The van der Waals surface area contributed by atoms with E-state index >= 15 is 0 Å². The van der Waals surface area contributed by atoms with Gasteiger partial charge in [-0.25, -0.2) is 4.79 Å². The molecular weight excluding hydrogens is 404 g/mol. The predicted molar refractivity (Wildman–Crippen MR) is 123 cm³/mol. The van der Waals surface area contributed by atoms with Crippen molar-refractivity contribution in [1.82, 2.24) is 20.0 Å². The van der Waals surface area contributed by atoms with Gasteiger partial charge in [0, 0.05) is 45.2 Å². The molecule has 3 saturated heterocycles. The number of nitrogens with zero attached hydrogens (tertiary/aromatic N) is 3. The largest absolute Gasteiger partial charge is 0.343 e. The molecule has 0 unspecified atom stereocenters. The Kier molecular flexibility index (Phi) is 6.30. The van der Waals surface area contributed by atoms with E-state index in [0.717, 1.165) is 19.6 Å². The second kappa shape index (κ2) is 8.85. The monoisotopic (exact) mass is 440 g/mol. The van der Waals surface area contributed by atoms with E-state index in [4.69, 9.17) is 0 Å². The summed E-state index contributed by atoms with van der Waals surface area (Å²) < 4.78 is 0. The molecule has 1 aromatic carbocycles. The Morgan fingerprint density at radius 1 is 1.03 bits per heavy atom. The van der Waals surface area contributed by atoms with Crippen LogP contribution >= 0.6 is 0 Å². The summed E-state index contributed by atoms with van der Waals surface area (Å²) in [6, 6.07) is 9.96. The molecule has 1 aromatic rings. The third-order valence-electron chi connectivity index (χ3n) is 7.02. The molecular formula is C25H36N4O3. The summed E-state index contributed by atoms with van der Waals surface area (Å²) in [6.45, 7) is 9.84. The number of rotatable bonds is 4. The fourth-order valence-corrected chi connectivity index (χ4v) is 5.19. The van der Waals surface area contributed by atoms with Crippen LogP contribution in [0.2, 0.25) is 0 Å². The van der Waals surface area contributed by atoms with Gasteiger partial charge in [0.15, 0.2) is 0 Å². The topological polar surface area (TPSA) is 73.0 Å². The van der Waals surface area contributed by atoms with Gasteiger partial charge in [0.05, 0.1) is 0 Å². The number of carbonyl (C=O) groups excluding carboxylic acids is 3. The lowest BCUT2D eigenvalue weighted by Gasteiger charge is -2.39. The van der Waals surface area contributed by atoms with E-state index in [-0.39, 0.29) is 29.3 Å². The number of urea groups is 1. The Balaban J connectivity index is 1.32. The SMILES string of the molecule is CC(C)(C)CC(=O)N1CCC(N2C(=O)NC3(CCN(Cc4ccccc4)CC3)C2=O)CC1. The van der Waals surface area contributed by atoms with Gasteiger partial charge in [0.1, 0.15) is 5.54 Å². The van der Waals surface area contributed by atoms with Gasteiger partial charge in [0.2, 0.25) is 5.91 Å². The highest BCUT2D eigenvalue weighted by atomic mass is 16.2. The van der Waals surface area contributed by atoms with Gasteiger partial charge in [-0.3, -0.25) is 19.4 Å². The van der Waals surface area contributed by atoms with E-state index < -0.39 is 5.54 Å². The number of hydrogen-bond acceptors (Lipinski definition) is 4. The fraction of sp³-hybridized carbons (Fsp3) is 0.640. The van der Waals surface area contributed by atoms with Crippen molar-refractivity contribution in [3.8, 4) is 0 Å². The van der Waals surface area contributed by atoms with Crippen LogP contribution < -0.4 is 5.32 Å². The summed E-state index contributed by atoms with van der Waals surface area (Å²) in [4.78, 5) is 44.5. The van der Waals surface area contributed by atoms with Crippen LogP contribution in [0.15, 0.2) is 30.3 Å². The van der Waals surface area contributed by atoms with E-state index in [0.29, 0.717) is 45.2 Å². The minimum Gasteiger partial charge on any atom is -0.343 e. The first-order valence-corrected chi connectivity index (χ1v) is 11.9. The molecule has 3 fully saturated rings. The Morgan fingerprint density at radius 3 is 2.25 bits per heavy atom. The molecule has 174 valence electrons.